The van der Waals surface area contributed by atoms with Gasteiger partial charge >= 0.3 is 0 Å². The molecule has 0 aliphatic rings. The van der Waals surface area contributed by atoms with Gasteiger partial charge in [0.1, 0.15) is 12.3 Å². The predicted octanol–water partition coefficient (Wildman–Crippen LogP) is 2.50. The molecule has 1 atom stereocenters. The zero-order chi connectivity index (χ0) is 22.4. The number of aromatic nitrogens is 1. The Hall–Kier alpha value is -3.38. The Bertz CT molecular complexity index is 1040. The summed E-state index contributed by atoms with van der Waals surface area (Å²) >= 11 is 0. The molecule has 0 aliphatic carbocycles. The number of quaternary nitrogens is 1. The maximum Gasteiger partial charge on any atom is 0.279 e. The summed E-state index contributed by atoms with van der Waals surface area (Å²) in [6, 6.07) is 19.3. The van der Waals surface area contributed by atoms with E-state index in [1.165, 1.54) is 5.56 Å². The van der Waals surface area contributed by atoms with Crippen molar-refractivity contribution in [3.05, 3.63) is 83.2 Å². The van der Waals surface area contributed by atoms with Gasteiger partial charge in [-0.1, -0.05) is 30.3 Å². The van der Waals surface area contributed by atoms with Crippen LogP contribution in [-0.2, 0) is 11.3 Å². The Kier molecular flexibility index (Phi) is 7.26. The van der Waals surface area contributed by atoms with Crippen molar-refractivity contribution in [1.29, 1.82) is 0 Å². The zero-order valence-electron chi connectivity index (χ0n) is 18.6. The van der Waals surface area contributed by atoms with Crippen molar-refractivity contribution in [2.75, 3.05) is 32.6 Å². The minimum Gasteiger partial charge on any atom is -0.497 e. The van der Waals surface area contributed by atoms with E-state index in [4.69, 9.17) is 4.74 Å². The van der Waals surface area contributed by atoms with Gasteiger partial charge in [0.2, 0.25) is 5.78 Å². The lowest BCUT2D eigenvalue weighted by Gasteiger charge is -2.14. The second kappa shape index (κ2) is 10.1. The molecule has 1 unspecified atom stereocenters. The number of nitrogens with zero attached hydrogens (tertiary/aromatic N) is 1. The molecule has 3 aromatic rings. The Morgan fingerprint density at radius 3 is 2.32 bits per heavy atom. The number of carbonyl (C=O) groups excluding carboxylic acids is 2. The monoisotopic (exact) mass is 420 g/mol. The molecule has 3 rings (SSSR count). The van der Waals surface area contributed by atoms with Crippen molar-refractivity contribution in [1.82, 2.24) is 4.57 Å². The second-order valence-electron chi connectivity index (χ2n) is 7.87. The van der Waals surface area contributed by atoms with Crippen molar-refractivity contribution in [3.63, 3.8) is 0 Å². The van der Waals surface area contributed by atoms with Crippen LogP contribution in [0.5, 0.6) is 5.75 Å². The standard InChI is InChI=1S/C25H29N3O3/c1-18-14-23(19(2)28(18)15-20-8-6-5-7-9-20)24(29)16-27(3)17-25(30)26-21-10-12-22(31-4)13-11-21/h5-14H,15-17H2,1-4H3,(H,26,30)/p+1. The van der Waals surface area contributed by atoms with E-state index < -0.39 is 0 Å². The van der Waals surface area contributed by atoms with E-state index in [1.807, 2.05) is 45.2 Å². The summed E-state index contributed by atoms with van der Waals surface area (Å²) in [5, 5.41) is 2.86. The van der Waals surface area contributed by atoms with Gasteiger partial charge in [-0.3, -0.25) is 9.59 Å². The van der Waals surface area contributed by atoms with Crippen molar-refractivity contribution in [3.8, 4) is 5.75 Å². The van der Waals surface area contributed by atoms with Gasteiger partial charge in [-0.25, -0.2) is 0 Å². The average Bonchev–Trinajstić information content (AvgIpc) is 3.03. The summed E-state index contributed by atoms with van der Waals surface area (Å²) in [6.45, 7) is 5.20. The molecular formula is C25H30N3O3+. The molecule has 1 heterocycles. The third-order valence-electron chi connectivity index (χ3n) is 5.36. The molecule has 2 N–H and O–H groups in total. The highest BCUT2D eigenvalue weighted by Gasteiger charge is 2.20. The topological polar surface area (TPSA) is 64.8 Å². The van der Waals surface area contributed by atoms with Crippen LogP contribution >= 0.6 is 0 Å². The highest BCUT2D eigenvalue weighted by Crippen LogP contribution is 2.17. The van der Waals surface area contributed by atoms with Crippen molar-refractivity contribution in [2.24, 2.45) is 0 Å². The molecular weight excluding hydrogens is 390 g/mol. The molecule has 0 bridgehead atoms. The Morgan fingerprint density at radius 1 is 1.00 bits per heavy atom. The lowest BCUT2D eigenvalue weighted by Crippen LogP contribution is -3.11. The molecule has 0 radical (unpaired) electrons. The van der Waals surface area contributed by atoms with E-state index in [0.717, 1.165) is 34.1 Å². The molecule has 0 saturated heterocycles. The van der Waals surface area contributed by atoms with Gasteiger partial charge in [0.25, 0.3) is 5.91 Å². The number of Topliss-reactive ketones (excluding diaryl/α,β-unsaturated/α-hetero) is 1. The molecule has 31 heavy (non-hydrogen) atoms. The second-order valence-corrected chi connectivity index (χ2v) is 7.87. The third-order valence-corrected chi connectivity index (χ3v) is 5.36. The van der Waals surface area contributed by atoms with E-state index >= 15 is 0 Å². The van der Waals surface area contributed by atoms with Gasteiger partial charge < -0.3 is 19.5 Å². The molecule has 0 aliphatic heterocycles. The van der Waals surface area contributed by atoms with E-state index in [-0.39, 0.29) is 24.8 Å². The first kappa shape index (κ1) is 22.3. The first-order chi connectivity index (χ1) is 14.9. The number of likely N-dealkylation sites (N-methyl/N-ethyl adjacent to an activating group) is 1. The minimum atomic E-state index is -0.134. The number of ketones is 1. The Morgan fingerprint density at radius 2 is 1.68 bits per heavy atom. The normalized spacial score (nSPS) is 11.7. The minimum absolute atomic E-state index is 0.0437. The molecule has 2 aromatic carbocycles. The van der Waals surface area contributed by atoms with Crippen LogP contribution in [0, 0.1) is 13.8 Å². The van der Waals surface area contributed by atoms with Gasteiger partial charge in [-0.05, 0) is 49.7 Å². The van der Waals surface area contributed by atoms with Crippen molar-refractivity contribution < 1.29 is 19.2 Å². The van der Waals surface area contributed by atoms with E-state index in [9.17, 15) is 9.59 Å². The first-order valence-electron chi connectivity index (χ1n) is 10.4. The van der Waals surface area contributed by atoms with Crippen LogP contribution < -0.4 is 15.0 Å². The first-order valence-corrected chi connectivity index (χ1v) is 10.4. The molecule has 0 fully saturated rings. The SMILES string of the molecule is COc1ccc(NC(=O)C[NH+](C)CC(=O)c2cc(C)n(Cc3ccccc3)c2C)cc1. The highest BCUT2D eigenvalue weighted by molar-refractivity contribution is 5.98. The molecule has 162 valence electrons. The van der Waals surface area contributed by atoms with E-state index in [2.05, 4.69) is 22.0 Å². The number of rotatable bonds is 9. The predicted molar refractivity (Wildman–Crippen MR) is 122 cm³/mol. The van der Waals surface area contributed by atoms with Crippen LogP contribution in [0.2, 0.25) is 0 Å². The summed E-state index contributed by atoms with van der Waals surface area (Å²) in [4.78, 5) is 26.1. The number of ether oxygens (including phenoxy) is 1. The van der Waals surface area contributed by atoms with Crippen LogP contribution in [0.3, 0.4) is 0 Å². The van der Waals surface area contributed by atoms with Gasteiger partial charge in [0.05, 0.1) is 14.2 Å². The van der Waals surface area contributed by atoms with Crippen LogP contribution in [0.1, 0.15) is 27.3 Å². The number of hydrogen-bond donors (Lipinski definition) is 2. The number of carbonyl (C=O) groups is 2. The smallest absolute Gasteiger partial charge is 0.279 e. The summed E-state index contributed by atoms with van der Waals surface area (Å²) < 4.78 is 7.28. The number of methoxy groups -OCH3 is 1. The van der Waals surface area contributed by atoms with E-state index in [1.54, 1.807) is 31.4 Å². The van der Waals surface area contributed by atoms with Gasteiger partial charge in [-0.2, -0.15) is 0 Å². The lowest BCUT2D eigenvalue weighted by atomic mass is 10.1. The van der Waals surface area contributed by atoms with Crippen LogP contribution in [-0.4, -0.2) is 43.5 Å². The summed E-state index contributed by atoms with van der Waals surface area (Å²) in [5.74, 6) is 0.642. The molecule has 0 saturated carbocycles. The van der Waals surface area contributed by atoms with Gasteiger partial charge in [-0.15, -0.1) is 0 Å². The lowest BCUT2D eigenvalue weighted by molar-refractivity contribution is -0.861. The summed E-state index contributed by atoms with van der Waals surface area (Å²) in [5.41, 5.74) is 4.64. The number of hydrogen-bond acceptors (Lipinski definition) is 3. The number of amides is 1. The zero-order valence-corrected chi connectivity index (χ0v) is 18.6. The van der Waals surface area contributed by atoms with Gasteiger partial charge in [0.15, 0.2) is 6.54 Å². The molecule has 6 nitrogen and oxygen atoms in total. The van der Waals surface area contributed by atoms with Crippen molar-refractivity contribution in [2.45, 2.75) is 20.4 Å². The van der Waals surface area contributed by atoms with Gasteiger partial charge in [0, 0.05) is 29.2 Å². The molecule has 6 heteroatoms. The quantitative estimate of drug-likeness (QED) is 0.523. The maximum atomic E-state index is 12.9. The van der Waals surface area contributed by atoms with Crippen LogP contribution in [0.25, 0.3) is 0 Å². The van der Waals surface area contributed by atoms with Crippen LogP contribution in [0.4, 0.5) is 5.69 Å². The number of aryl methyl sites for hydroxylation is 1. The average molecular weight is 421 g/mol. The molecule has 1 aromatic heterocycles. The highest BCUT2D eigenvalue weighted by atomic mass is 16.5. The number of nitrogens with one attached hydrogen (secondary N) is 2. The fourth-order valence-electron chi connectivity index (χ4n) is 3.68. The Labute approximate surface area is 183 Å². The maximum absolute atomic E-state index is 12.9. The Balaban J connectivity index is 1.59. The third kappa shape index (κ3) is 5.83. The number of anilines is 1. The molecule has 0 spiro atoms. The van der Waals surface area contributed by atoms with Crippen LogP contribution in [0.15, 0.2) is 60.7 Å². The summed E-state index contributed by atoms with van der Waals surface area (Å²) in [6.07, 6.45) is 0. The fraction of sp³-hybridized carbons (Fsp3) is 0.280. The van der Waals surface area contributed by atoms with Crippen molar-refractivity contribution >= 4 is 17.4 Å². The number of benzene rings is 2. The summed E-state index contributed by atoms with van der Waals surface area (Å²) in [7, 11) is 3.46. The fourth-order valence-corrected chi connectivity index (χ4v) is 3.68. The molecule has 1 amide bonds. The van der Waals surface area contributed by atoms with E-state index in [0.29, 0.717) is 5.69 Å². The largest absolute Gasteiger partial charge is 0.497 e.